The van der Waals surface area contributed by atoms with Gasteiger partial charge in [-0.05, 0) is 12.8 Å². The van der Waals surface area contributed by atoms with Gasteiger partial charge in [-0.2, -0.15) is 5.10 Å². The van der Waals surface area contributed by atoms with Gasteiger partial charge >= 0.3 is 0 Å². The van der Waals surface area contributed by atoms with E-state index in [2.05, 4.69) is 10.1 Å². The van der Waals surface area contributed by atoms with Crippen LogP contribution in [0.25, 0.3) is 0 Å². The first kappa shape index (κ1) is 10.3. The molecule has 1 aliphatic carbocycles. The first-order chi connectivity index (χ1) is 7.29. The standard InChI is InChI=1S/C11H17N3O/c1-2-14-11(12-8-13-14)7-10(15)6-9-4-3-5-9/h8-9H,2-7H2,1H3. The Bertz CT molecular complexity index is 341. The molecule has 15 heavy (non-hydrogen) atoms. The van der Waals surface area contributed by atoms with E-state index in [4.69, 9.17) is 0 Å². The minimum Gasteiger partial charge on any atom is -0.299 e. The van der Waals surface area contributed by atoms with Crippen LogP contribution in [0.15, 0.2) is 6.33 Å². The predicted molar refractivity (Wildman–Crippen MR) is 56.4 cm³/mol. The van der Waals surface area contributed by atoms with Gasteiger partial charge in [0.2, 0.25) is 0 Å². The maximum Gasteiger partial charge on any atom is 0.140 e. The quantitative estimate of drug-likeness (QED) is 0.736. The zero-order valence-corrected chi connectivity index (χ0v) is 9.15. The summed E-state index contributed by atoms with van der Waals surface area (Å²) in [6.45, 7) is 2.79. The van der Waals surface area contributed by atoms with E-state index >= 15 is 0 Å². The summed E-state index contributed by atoms with van der Waals surface area (Å²) in [5.74, 6) is 1.76. The molecule has 82 valence electrons. The number of hydrogen-bond donors (Lipinski definition) is 0. The summed E-state index contributed by atoms with van der Waals surface area (Å²) < 4.78 is 1.79. The van der Waals surface area contributed by atoms with Crippen molar-refractivity contribution in [2.75, 3.05) is 0 Å². The largest absolute Gasteiger partial charge is 0.299 e. The van der Waals surface area contributed by atoms with Crippen molar-refractivity contribution in [2.45, 2.75) is 45.6 Å². The molecule has 1 saturated carbocycles. The van der Waals surface area contributed by atoms with Crippen LogP contribution in [-0.4, -0.2) is 20.5 Å². The van der Waals surface area contributed by atoms with Gasteiger partial charge in [-0.3, -0.25) is 4.79 Å². The van der Waals surface area contributed by atoms with Gasteiger partial charge in [0.15, 0.2) is 0 Å². The molecule has 1 heterocycles. The van der Waals surface area contributed by atoms with Crippen molar-refractivity contribution in [2.24, 2.45) is 5.92 Å². The first-order valence-electron chi connectivity index (χ1n) is 5.68. The Kier molecular flexibility index (Phi) is 3.14. The molecule has 0 unspecified atom stereocenters. The molecule has 1 fully saturated rings. The van der Waals surface area contributed by atoms with Crippen LogP contribution in [0, 0.1) is 5.92 Å². The average molecular weight is 207 g/mol. The maximum absolute atomic E-state index is 11.7. The second-order valence-corrected chi connectivity index (χ2v) is 4.21. The summed E-state index contributed by atoms with van der Waals surface area (Å²) in [7, 11) is 0. The van der Waals surface area contributed by atoms with Gasteiger partial charge in [-0.15, -0.1) is 0 Å². The molecule has 1 aliphatic rings. The minimum absolute atomic E-state index is 0.308. The summed E-state index contributed by atoms with van der Waals surface area (Å²) in [4.78, 5) is 15.8. The van der Waals surface area contributed by atoms with Crippen LogP contribution in [0.1, 0.15) is 38.4 Å². The normalized spacial score (nSPS) is 16.3. The number of Topliss-reactive ketones (excluding diaryl/α,β-unsaturated/α-hetero) is 1. The third-order valence-corrected chi connectivity index (χ3v) is 3.09. The molecule has 1 aromatic heterocycles. The van der Waals surface area contributed by atoms with E-state index in [0.717, 1.165) is 18.8 Å². The smallest absolute Gasteiger partial charge is 0.140 e. The molecule has 0 atom stereocenters. The van der Waals surface area contributed by atoms with Crippen molar-refractivity contribution in [1.29, 1.82) is 0 Å². The molecule has 4 nitrogen and oxygen atoms in total. The van der Waals surface area contributed by atoms with Crippen LogP contribution in [0.2, 0.25) is 0 Å². The fourth-order valence-electron chi connectivity index (χ4n) is 1.96. The van der Waals surface area contributed by atoms with Crippen LogP contribution in [0.4, 0.5) is 0 Å². The maximum atomic E-state index is 11.7. The first-order valence-corrected chi connectivity index (χ1v) is 5.68. The minimum atomic E-state index is 0.308. The van der Waals surface area contributed by atoms with Crippen LogP contribution in [0.3, 0.4) is 0 Å². The van der Waals surface area contributed by atoms with E-state index in [1.807, 2.05) is 6.92 Å². The fraction of sp³-hybridized carbons (Fsp3) is 0.727. The topological polar surface area (TPSA) is 47.8 Å². The molecule has 2 rings (SSSR count). The predicted octanol–water partition coefficient (Wildman–Crippen LogP) is 1.60. The highest BCUT2D eigenvalue weighted by atomic mass is 16.1. The summed E-state index contributed by atoms with van der Waals surface area (Å²) >= 11 is 0. The Morgan fingerprint density at radius 2 is 2.40 bits per heavy atom. The summed E-state index contributed by atoms with van der Waals surface area (Å²) in [6, 6.07) is 0. The molecule has 0 aliphatic heterocycles. The number of carbonyl (C=O) groups excluding carboxylic acids is 1. The zero-order valence-electron chi connectivity index (χ0n) is 9.15. The average Bonchev–Trinajstić information content (AvgIpc) is 2.59. The highest BCUT2D eigenvalue weighted by molar-refractivity contribution is 5.80. The molecule has 0 saturated heterocycles. The van der Waals surface area contributed by atoms with Gasteiger partial charge in [0.25, 0.3) is 0 Å². The SMILES string of the molecule is CCn1ncnc1CC(=O)CC1CCC1. The van der Waals surface area contributed by atoms with Crippen LogP contribution in [-0.2, 0) is 17.8 Å². The number of rotatable bonds is 5. The molecule has 0 aromatic carbocycles. The number of nitrogens with zero attached hydrogens (tertiary/aromatic N) is 3. The second kappa shape index (κ2) is 4.55. The highest BCUT2D eigenvalue weighted by Crippen LogP contribution is 2.29. The van der Waals surface area contributed by atoms with E-state index in [9.17, 15) is 4.79 Å². The van der Waals surface area contributed by atoms with Crippen LogP contribution < -0.4 is 0 Å². The molecular formula is C11H17N3O. The third-order valence-electron chi connectivity index (χ3n) is 3.09. The van der Waals surface area contributed by atoms with E-state index < -0.39 is 0 Å². The van der Waals surface area contributed by atoms with Crippen molar-refractivity contribution in [3.8, 4) is 0 Å². The molecule has 1 aromatic rings. The number of aromatic nitrogens is 3. The lowest BCUT2D eigenvalue weighted by atomic mass is 9.81. The Morgan fingerprint density at radius 1 is 1.60 bits per heavy atom. The number of ketones is 1. The molecule has 0 bridgehead atoms. The van der Waals surface area contributed by atoms with Crippen molar-refractivity contribution in [3.05, 3.63) is 12.2 Å². The number of hydrogen-bond acceptors (Lipinski definition) is 3. The molecule has 0 amide bonds. The molecule has 0 radical (unpaired) electrons. The van der Waals surface area contributed by atoms with Gasteiger partial charge in [0, 0.05) is 13.0 Å². The Labute approximate surface area is 89.7 Å². The monoisotopic (exact) mass is 207 g/mol. The van der Waals surface area contributed by atoms with Crippen molar-refractivity contribution >= 4 is 5.78 Å². The number of carbonyl (C=O) groups is 1. The summed E-state index contributed by atoms with van der Waals surface area (Å²) in [5.41, 5.74) is 0. The lowest BCUT2D eigenvalue weighted by Crippen LogP contribution is -2.18. The van der Waals surface area contributed by atoms with Crippen LogP contribution >= 0.6 is 0 Å². The fourth-order valence-corrected chi connectivity index (χ4v) is 1.96. The molecule has 0 N–H and O–H groups in total. The lowest BCUT2D eigenvalue weighted by Gasteiger charge is -2.24. The third kappa shape index (κ3) is 2.43. The summed E-state index contributed by atoms with van der Waals surface area (Å²) in [5, 5.41) is 4.05. The van der Waals surface area contributed by atoms with Crippen molar-refractivity contribution in [1.82, 2.24) is 14.8 Å². The molecule has 0 spiro atoms. The van der Waals surface area contributed by atoms with E-state index in [1.54, 1.807) is 4.68 Å². The van der Waals surface area contributed by atoms with Gasteiger partial charge in [0.05, 0.1) is 6.42 Å². The van der Waals surface area contributed by atoms with Gasteiger partial charge in [-0.1, -0.05) is 19.3 Å². The summed E-state index contributed by atoms with van der Waals surface area (Å²) in [6.07, 6.45) is 6.46. The highest BCUT2D eigenvalue weighted by Gasteiger charge is 2.21. The van der Waals surface area contributed by atoms with Crippen molar-refractivity contribution < 1.29 is 4.79 Å². The van der Waals surface area contributed by atoms with Gasteiger partial charge in [-0.25, -0.2) is 9.67 Å². The van der Waals surface area contributed by atoms with Crippen LogP contribution in [0.5, 0.6) is 0 Å². The van der Waals surface area contributed by atoms with E-state index in [0.29, 0.717) is 18.1 Å². The molecular weight excluding hydrogens is 190 g/mol. The van der Waals surface area contributed by atoms with Crippen molar-refractivity contribution in [3.63, 3.8) is 0 Å². The Balaban J connectivity index is 1.87. The van der Waals surface area contributed by atoms with E-state index in [-0.39, 0.29) is 0 Å². The van der Waals surface area contributed by atoms with Gasteiger partial charge in [0.1, 0.15) is 17.9 Å². The van der Waals surface area contributed by atoms with E-state index in [1.165, 1.54) is 25.6 Å². The number of aryl methyl sites for hydroxylation is 1. The zero-order chi connectivity index (χ0) is 10.7. The lowest BCUT2D eigenvalue weighted by molar-refractivity contribution is -0.120. The second-order valence-electron chi connectivity index (χ2n) is 4.21. The Hall–Kier alpha value is -1.19. The Morgan fingerprint density at radius 3 is 3.00 bits per heavy atom. The molecule has 4 heteroatoms. The van der Waals surface area contributed by atoms with Gasteiger partial charge < -0.3 is 0 Å².